The smallest absolute Gasteiger partial charge is 0.279 e. The molecule has 2 aromatic carbocycles. The van der Waals surface area contributed by atoms with E-state index in [2.05, 4.69) is 43.4 Å². The lowest BCUT2D eigenvalue weighted by Crippen LogP contribution is -3.08. The van der Waals surface area contributed by atoms with E-state index in [0.717, 1.165) is 17.7 Å². The molecule has 2 aromatic rings. The minimum absolute atomic E-state index is 0.146. The molecule has 1 atom stereocenters. The van der Waals surface area contributed by atoms with E-state index in [9.17, 15) is 13.2 Å². The SMILES string of the molecule is CC(C)c1ccc(C[NH+](C)CC(=O)Nc2cccc(S(C)(=O)=O)c2)cc1. The van der Waals surface area contributed by atoms with Gasteiger partial charge >= 0.3 is 0 Å². The van der Waals surface area contributed by atoms with Crippen molar-refractivity contribution >= 4 is 21.4 Å². The fourth-order valence-corrected chi connectivity index (χ4v) is 3.38. The van der Waals surface area contributed by atoms with Crippen LogP contribution < -0.4 is 10.2 Å². The molecule has 0 aliphatic heterocycles. The molecule has 0 spiro atoms. The van der Waals surface area contributed by atoms with Crippen molar-refractivity contribution in [1.82, 2.24) is 0 Å². The Balaban J connectivity index is 1.93. The second-order valence-electron chi connectivity index (χ2n) is 7.06. The number of benzene rings is 2. The molecule has 1 amide bonds. The maximum atomic E-state index is 12.2. The number of hydrogen-bond acceptors (Lipinski definition) is 3. The lowest BCUT2D eigenvalue weighted by molar-refractivity contribution is -0.885. The fraction of sp³-hybridized carbons (Fsp3) is 0.350. The zero-order valence-corrected chi connectivity index (χ0v) is 16.6. The Hall–Kier alpha value is -2.18. The van der Waals surface area contributed by atoms with Gasteiger partial charge in [0.1, 0.15) is 6.54 Å². The minimum Gasteiger partial charge on any atom is -0.326 e. The van der Waals surface area contributed by atoms with Crippen LogP contribution in [0.25, 0.3) is 0 Å². The van der Waals surface area contributed by atoms with Crippen LogP contribution in [0.3, 0.4) is 0 Å². The van der Waals surface area contributed by atoms with E-state index in [0.29, 0.717) is 18.2 Å². The van der Waals surface area contributed by atoms with Crippen LogP contribution in [0.2, 0.25) is 0 Å². The molecule has 0 heterocycles. The third-order valence-corrected chi connectivity index (χ3v) is 5.27. The van der Waals surface area contributed by atoms with Gasteiger partial charge in [-0.1, -0.05) is 44.2 Å². The summed E-state index contributed by atoms with van der Waals surface area (Å²) in [7, 11) is -1.33. The van der Waals surface area contributed by atoms with Gasteiger partial charge < -0.3 is 10.2 Å². The number of hydrogen-bond donors (Lipinski definition) is 2. The number of likely N-dealkylation sites (N-methyl/N-ethyl adjacent to an activating group) is 1. The molecule has 0 radical (unpaired) electrons. The van der Waals surface area contributed by atoms with Gasteiger partial charge in [-0.15, -0.1) is 0 Å². The second kappa shape index (κ2) is 8.47. The standard InChI is InChI=1S/C20H26N2O3S/c1-15(2)17-10-8-16(9-11-17)13-22(3)14-20(23)21-18-6-5-7-19(12-18)26(4,24)25/h5-12,15H,13-14H2,1-4H3,(H,21,23)/p+1. The number of sulfone groups is 1. The van der Waals surface area contributed by atoms with Crippen molar-refractivity contribution in [3.63, 3.8) is 0 Å². The molecule has 2 N–H and O–H groups in total. The molecule has 5 nitrogen and oxygen atoms in total. The summed E-state index contributed by atoms with van der Waals surface area (Å²) in [6.45, 7) is 5.37. The van der Waals surface area contributed by atoms with E-state index < -0.39 is 9.84 Å². The van der Waals surface area contributed by atoms with Crippen LogP contribution in [-0.4, -0.2) is 34.2 Å². The minimum atomic E-state index is -3.29. The Bertz CT molecular complexity index is 859. The number of carbonyl (C=O) groups excluding carboxylic acids is 1. The van der Waals surface area contributed by atoms with Gasteiger partial charge in [0.05, 0.1) is 11.9 Å². The first-order valence-electron chi connectivity index (χ1n) is 8.65. The summed E-state index contributed by atoms with van der Waals surface area (Å²) in [5, 5.41) is 2.77. The van der Waals surface area contributed by atoms with Crippen LogP contribution in [0.4, 0.5) is 5.69 Å². The fourth-order valence-electron chi connectivity index (χ4n) is 2.72. The average Bonchev–Trinajstić information content (AvgIpc) is 2.54. The maximum absolute atomic E-state index is 12.2. The van der Waals surface area contributed by atoms with Crippen LogP contribution in [0, 0.1) is 0 Å². The predicted molar refractivity (Wildman–Crippen MR) is 104 cm³/mol. The Morgan fingerprint density at radius 3 is 2.35 bits per heavy atom. The van der Waals surface area contributed by atoms with E-state index in [-0.39, 0.29) is 10.8 Å². The Morgan fingerprint density at radius 1 is 1.12 bits per heavy atom. The highest BCUT2D eigenvalue weighted by atomic mass is 32.2. The third kappa shape index (κ3) is 5.97. The van der Waals surface area contributed by atoms with Crippen molar-refractivity contribution in [2.45, 2.75) is 31.2 Å². The maximum Gasteiger partial charge on any atom is 0.279 e. The molecular formula is C20H27N2O3S+. The van der Waals surface area contributed by atoms with Gasteiger partial charge in [-0.3, -0.25) is 4.79 Å². The molecule has 6 heteroatoms. The molecule has 0 saturated heterocycles. The molecule has 0 bridgehead atoms. The van der Waals surface area contributed by atoms with Crippen molar-refractivity contribution in [2.75, 3.05) is 25.2 Å². The van der Waals surface area contributed by atoms with Crippen LogP contribution in [0.5, 0.6) is 0 Å². The highest BCUT2D eigenvalue weighted by molar-refractivity contribution is 7.90. The normalized spacial score (nSPS) is 12.8. The molecule has 140 valence electrons. The molecule has 0 saturated carbocycles. The topological polar surface area (TPSA) is 67.7 Å². The summed E-state index contributed by atoms with van der Waals surface area (Å²) in [5.74, 6) is 0.356. The van der Waals surface area contributed by atoms with Crippen LogP contribution >= 0.6 is 0 Å². The lowest BCUT2D eigenvalue weighted by atomic mass is 10.0. The van der Waals surface area contributed by atoms with Crippen molar-refractivity contribution in [3.05, 3.63) is 59.7 Å². The summed E-state index contributed by atoms with van der Waals surface area (Å²) in [6.07, 6.45) is 1.15. The van der Waals surface area contributed by atoms with Crippen LogP contribution in [-0.2, 0) is 21.2 Å². The number of rotatable bonds is 7. The largest absolute Gasteiger partial charge is 0.326 e. The van der Waals surface area contributed by atoms with E-state index in [4.69, 9.17) is 0 Å². The van der Waals surface area contributed by atoms with Crippen molar-refractivity contribution in [2.24, 2.45) is 0 Å². The van der Waals surface area contributed by atoms with Gasteiger partial charge in [0.2, 0.25) is 0 Å². The first kappa shape index (κ1) is 20.1. The van der Waals surface area contributed by atoms with Crippen LogP contribution in [0.15, 0.2) is 53.4 Å². The number of nitrogens with one attached hydrogen (secondary N) is 2. The predicted octanol–water partition coefficient (Wildman–Crippen LogP) is 1.87. The zero-order chi connectivity index (χ0) is 19.3. The second-order valence-corrected chi connectivity index (χ2v) is 9.07. The summed E-state index contributed by atoms with van der Waals surface area (Å²) < 4.78 is 23.2. The molecular weight excluding hydrogens is 348 g/mol. The molecule has 0 aliphatic carbocycles. The van der Waals surface area contributed by atoms with Gasteiger partial charge in [-0.2, -0.15) is 0 Å². The Labute approximate surface area is 156 Å². The summed E-state index contributed by atoms with van der Waals surface area (Å²) in [4.78, 5) is 13.5. The first-order valence-corrected chi connectivity index (χ1v) is 10.5. The van der Waals surface area contributed by atoms with Crippen molar-refractivity contribution in [3.8, 4) is 0 Å². The monoisotopic (exact) mass is 375 g/mol. The Kier molecular flexibility index (Phi) is 6.56. The molecule has 0 aliphatic rings. The van der Waals surface area contributed by atoms with Gasteiger partial charge in [-0.05, 0) is 29.7 Å². The van der Waals surface area contributed by atoms with Gasteiger partial charge in [-0.25, -0.2) is 8.42 Å². The highest BCUT2D eigenvalue weighted by Gasteiger charge is 2.13. The van der Waals surface area contributed by atoms with Crippen LogP contribution in [0.1, 0.15) is 30.9 Å². The van der Waals surface area contributed by atoms with Gasteiger partial charge in [0, 0.05) is 17.5 Å². The van der Waals surface area contributed by atoms with Crippen molar-refractivity contribution in [1.29, 1.82) is 0 Å². The van der Waals surface area contributed by atoms with Gasteiger partial charge in [0.15, 0.2) is 16.4 Å². The third-order valence-electron chi connectivity index (χ3n) is 4.16. The highest BCUT2D eigenvalue weighted by Crippen LogP contribution is 2.15. The molecule has 26 heavy (non-hydrogen) atoms. The van der Waals surface area contributed by atoms with E-state index in [1.165, 1.54) is 23.3 Å². The number of anilines is 1. The van der Waals surface area contributed by atoms with Crippen molar-refractivity contribution < 1.29 is 18.1 Å². The molecule has 2 rings (SSSR count). The summed E-state index contributed by atoms with van der Waals surface area (Å²) in [5.41, 5.74) is 2.97. The van der Waals surface area contributed by atoms with E-state index in [1.54, 1.807) is 12.1 Å². The van der Waals surface area contributed by atoms with Gasteiger partial charge in [0.25, 0.3) is 5.91 Å². The number of amides is 1. The molecule has 0 aromatic heterocycles. The molecule has 1 unspecified atom stereocenters. The average molecular weight is 376 g/mol. The van der Waals surface area contributed by atoms with E-state index in [1.807, 2.05) is 7.05 Å². The number of carbonyl (C=O) groups is 1. The molecule has 0 fully saturated rings. The lowest BCUT2D eigenvalue weighted by Gasteiger charge is -2.15. The summed E-state index contributed by atoms with van der Waals surface area (Å²) >= 11 is 0. The quantitative estimate of drug-likeness (QED) is 0.776. The first-order chi connectivity index (χ1) is 12.1. The number of quaternary nitrogens is 1. The van der Waals surface area contributed by atoms with E-state index >= 15 is 0 Å². The Morgan fingerprint density at radius 2 is 1.77 bits per heavy atom. The zero-order valence-electron chi connectivity index (χ0n) is 15.7. The summed E-state index contributed by atoms with van der Waals surface area (Å²) in [6, 6.07) is 14.8.